The summed E-state index contributed by atoms with van der Waals surface area (Å²) in [6.07, 6.45) is 5.63. The normalized spacial score (nSPS) is 11.4. The number of aromatic nitrogens is 2. The van der Waals surface area contributed by atoms with Gasteiger partial charge < -0.3 is 15.4 Å². The number of H-pyrrole nitrogens is 1. The van der Waals surface area contributed by atoms with Crippen molar-refractivity contribution in [2.24, 2.45) is 4.99 Å². The van der Waals surface area contributed by atoms with Gasteiger partial charge in [0.1, 0.15) is 11.6 Å². The molecule has 0 aliphatic carbocycles. The lowest BCUT2D eigenvalue weighted by Gasteiger charge is -2.08. The van der Waals surface area contributed by atoms with E-state index in [1.807, 2.05) is 12.1 Å². The molecular formula is C22H18F2N4O. The van der Waals surface area contributed by atoms with E-state index in [-0.39, 0.29) is 5.88 Å². The smallest absolute Gasteiger partial charge is 0.198 e. The Bertz CT molecular complexity index is 1170. The summed E-state index contributed by atoms with van der Waals surface area (Å²) >= 11 is 0. The van der Waals surface area contributed by atoms with Gasteiger partial charge in [0, 0.05) is 36.6 Å². The maximum absolute atomic E-state index is 14.4. The molecule has 7 heteroatoms. The maximum Gasteiger partial charge on any atom is 0.198 e. The third kappa shape index (κ3) is 4.24. The molecule has 0 fully saturated rings. The molecule has 0 aliphatic heterocycles. The largest absolute Gasteiger partial charge is 0.494 e. The molecule has 2 heterocycles. The Morgan fingerprint density at radius 2 is 1.90 bits per heavy atom. The molecule has 0 radical (unpaired) electrons. The van der Waals surface area contributed by atoms with Crippen LogP contribution in [0.5, 0.6) is 5.88 Å². The molecule has 0 aliphatic rings. The van der Waals surface area contributed by atoms with Crippen molar-refractivity contribution in [3.8, 4) is 5.88 Å². The Balaban J connectivity index is 1.46. The first-order valence-corrected chi connectivity index (χ1v) is 9.07. The van der Waals surface area contributed by atoms with E-state index in [0.29, 0.717) is 34.4 Å². The van der Waals surface area contributed by atoms with Crippen molar-refractivity contribution in [2.45, 2.75) is 6.42 Å². The minimum atomic E-state index is -0.417. The molecule has 0 amide bonds. The second-order valence-electron chi connectivity index (χ2n) is 6.53. The number of benzene rings is 2. The number of fused-ring (bicyclic) bond motifs is 1. The number of hydrogen-bond donors (Lipinski definition) is 3. The number of aromatic amines is 1. The van der Waals surface area contributed by atoms with Gasteiger partial charge in [-0.25, -0.2) is 8.78 Å². The third-order valence-corrected chi connectivity index (χ3v) is 4.55. The highest BCUT2D eigenvalue weighted by atomic mass is 19.1. The van der Waals surface area contributed by atoms with Crippen LogP contribution in [-0.2, 0) is 6.42 Å². The quantitative estimate of drug-likeness (QED) is 0.407. The molecule has 2 aromatic carbocycles. The summed E-state index contributed by atoms with van der Waals surface area (Å²) in [4.78, 5) is 10.9. The first-order valence-electron chi connectivity index (χ1n) is 9.07. The Labute approximate surface area is 165 Å². The number of aliphatic imine (C=N–C) groups is 1. The van der Waals surface area contributed by atoms with Crippen LogP contribution in [0.15, 0.2) is 65.9 Å². The predicted octanol–water partition coefficient (Wildman–Crippen LogP) is 4.95. The van der Waals surface area contributed by atoms with Crippen molar-refractivity contribution < 1.29 is 13.9 Å². The van der Waals surface area contributed by atoms with Crippen LogP contribution in [0.25, 0.3) is 10.9 Å². The summed E-state index contributed by atoms with van der Waals surface area (Å²) in [7, 11) is 0. The number of nitrogens with one attached hydrogen (secondary N) is 2. The van der Waals surface area contributed by atoms with E-state index >= 15 is 0 Å². The van der Waals surface area contributed by atoms with Gasteiger partial charge in [0.25, 0.3) is 0 Å². The Morgan fingerprint density at radius 1 is 1.07 bits per heavy atom. The van der Waals surface area contributed by atoms with Crippen LogP contribution in [-0.4, -0.2) is 27.8 Å². The summed E-state index contributed by atoms with van der Waals surface area (Å²) in [5, 5.41) is 13.7. The average Bonchev–Trinajstić information content (AvgIpc) is 3.02. The van der Waals surface area contributed by atoms with E-state index < -0.39 is 11.6 Å². The summed E-state index contributed by atoms with van der Waals surface area (Å²) in [6.45, 7) is 0.587. The molecule has 0 saturated heterocycles. The second kappa shape index (κ2) is 8.10. The Hall–Kier alpha value is -3.74. The van der Waals surface area contributed by atoms with Crippen LogP contribution >= 0.6 is 0 Å². The number of hydrogen-bond acceptors (Lipinski definition) is 4. The second-order valence-corrected chi connectivity index (χ2v) is 6.53. The zero-order valence-corrected chi connectivity index (χ0v) is 15.4. The van der Waals surface area contributed by atoms with Crippen LogP contribution in [0.1, 0.15) is 11.1 Å². The van der Waals surface area contributed by atoms with Crippen molar-refractivity contribution in [3.63, 3.8) is 0 Å². The summed E-state index contributed by atoms with van der Waals surface area (Å²) in [6, 6.07) is 12.6. The first kappa shape index (κ1) is 18.6. The van der Waals surface area contributed by atoms with Crippen LogP contribution in [0.3, 0.4) is 0 Å². The fraction of sp³-hybridized carbons (Fsp3) is 0.0909. The molecule has 0 unspecified atom stereocenters. The molecule has 0 spiro atoms. The lowest BCUT2D eigenvalue weighted by Crippen LogP contribution is -2.06. The minimum absolute atomic E-state index is 0.121. The standard InChI is InChI=1S/C22H18F2N4O/c23-15-1-3-17-18(22(29)28-21(17)11-15)13-27-16-2-4-20(19(24)12-16)26-10-7-14-5-8-25-9-6-14/h1-6,8-9,11-13,26,28-29H,7,10H2. The molecule has 146 valence electrons. The average molecular weight is 392 g/mol. The SMILES string of the molecule is Oc1[nH]c2cc(F)ccc2c1C=Nc1ccc(NCCc2ccncc2)c(F)c1. The number of halogens is 2. The zero-order valence-electron chi connectivity index (χ0n) is 15.4. The van der Waals surface area contributed by atoms with E-state index in [1.165, 1.54) is 24.4 Å². The van der Waals surface area contributed by atoms with Crippen molar-refractivity contribution >= 4 is 28.5 Å². The van der Waals surface area contributed by atoms with Crippen LogP contribution < -0.4 is 5.32 Å². The Morgan fingerprint density at radius 3 is 2.69 bits per heavy atom. The lowest BCUT2D eigenvalue weighted by atomic mass is 10.2. The van der Waals surface area contributed by atoms with Gasteiger partial charge in [-0.1, -0.05) is 0 Å². The number of aromatic hydroxyl groups is 1. The molecule has 2 aromatic heterocycles. The highest BCUT2D eigenvalue weighted by Gasteiger charge is 2.10. The van der Waals surface area contributed by atoms with Crippen molar-refractivity contribution in [1.82, 2.24) is 9.97 Å². The van der Waals surface area contributed by atoms with Crippen LogP contribution in [0.4, 0.5) is 20.2 Å². The summed E-state index contributed by atoms with van der Waals surface area (Å²) < 4.78 is 27.7. The molecule has 4 aromatic rings. The first-order chi connectivity index (χ1) is 14.1. The molecular weight excluding hydrogens is 374 g/mol. The van der Waals surface area contributed by atoms with Crippen LogP contribution in [0, 0.1) is 11.6 Å². The lowest BCUT2D eigenvalue weighted by molar-refractivity contribution is 0.457. The van der Waals surface area contributed by atoms with Gasteiger partial charge in [0.2, 0.25) is 0 Å². The fourth-order valence-electron chi connectivity index (χ4n) is 3.07. The van der Waals surface area contributed by atoms with Crippen molar-refractivity contribution in [2.75, 3.05) is 11.9 Å². The van der Waals surface area contributed by atoms with E-state index in [4.69, 9.17) is 0 Å². The minimum Gasteiger partial charge on any atom is -0.494 e. The topological polar surface area (TPSA) is 73.3 Å². The van der Waals surface area contributed by atoms with E-state index in [2.05, 4.69) is 20.3 Å². The number of pyridine rings is 1. The van der Waals surface area contributed by atoms with E-state index in [0.717, 1.165) is 12.0 Å². The van der Waals surface area contributed by atoms with Crippen LogP contribution in [0.2, 0.25) is 0 Å². The Kier molecular flexibility index (Phi) is 5.20. The van der Waals surface area contributed by atoms with Gasteiger partial charge in [-0.2, -0.15) is 0 Å². The van der Waals surface area contributed by atoms with Gasteiger partial charge >= 0.3 is 0 Å². The molecule has 5 nitrogen and oxygen atoms in total. The zero-order chi connectivity index (χ0) is 20.2. The molecule has 3 N–H and O–H groups in total. The van der Waals surface area contributed by atoms with Crippen molar-refractivity contribution in [1.29, 1.82) is 0 Å². The monoisotopic (exact) mass is 392 g/mol. The third-order valence-electron chi connectivity index (χ3n) is 4.55. The highest BCUT2D eigenvalue weighted by molar-refractivity contribution is 6.02. The van der Waals surface area contributed by atoms with Gasteiger partial charge in [0.05, 0.1) is 22.5 Å². The molecule has 0 saturated carbocycles. The molecule has 0 bridgehead atoms. The van der Waals surface area contributed by atoms with E-state index in [9.17, 15) is 13.9 Å². The molecule has 4 rings (SSSR count). The summed E-state index contributed by atoms with van der Waals surface area (Å²) in [5.74, 6) is -0.944. The van der Waals surface area contributed by atoms with Gasteiger partial charge in [-0.15, -0.1) is 0 Å². The number of nitrogens with zero attached hydrogens (tertiary/aromatic N) is 2. The molecule has 0 atom stereocenters. The summed E-state index contributed by atoms with van der Waals surface area (Å²) in [5.41, 5.74) is 2.79. The highest BCUT2D eigenvalue weighted by Crippen LogP contribution is 2.27. The van der Waals surface area contributed by atoms with Gasteiger partial charge in [-0.05, 0) is 54.4 Å². The van der Waals surface area contributed by atoms with E-state index in [1.54, 1.807) is 30.6 Å². The van der Waals surface area contributed by atoms with Gasteiger partial charge in [-0.3, -0.25) is 9.98 Å². The number of anilines is 1. The molecule has 29 heavy (non-hydrogen) atoms. The number of rotatable bonds is 6. The fourth-order valence-corrected chi connectivity index (χ4v) is 3.07. The van der Waals surface area contributed by atoms with Crippen molar-refractivity contribution in [3.05, 3.63) is 83.7 Å². The van der Waals surface area contributed by atoms with Gasteiger partial charge in [0.15, 0.2) is 5.88 Å². The maximum atomic E-state index is 14.4. The predicted molar refractivity (Wildman–Crippen MR) is 110 cm³/mol.